The van der Waals surface area contributed by atoms with E-state index in [2.05, 4.69) is 30.3 Å². The maximum atomic E-state index is 12.6. The molecule has 7 heteroatoms. The third kappa shape index (κ3) is 3.32. The summed E-state index contributed by atoms with van der Waals surface area (Å²) in [5, 5.41) is 19.8. The van der Waals surface area contributed by atoms with Gasteiger partial charge in [-0.2, -0.15) is 10.2 Å². The van der Waals surface area contributed by atoms with E-state index in [-0.39, 0.29) is 5.91 Å². The predicted molar refractivity (Wildman–Crippen MR) is 98.9 cm³/mol. The number of rotatable bonds is 6. The quantitative estimate of drug-likeness (QED) is 0.730. The smallest absolute Gasteiger partial charge is 0.253 e. The van der Waals surface area contributed by atoms with Crippen LogP contribution in [0.15, 0.2) is 42.6 Å². The Balaban J connectivity index is 1.32. The molecule has 27 heavy (non-hydrogen) atoms. The van der Waals surface area contributed by atoms with Crippen molar-refractivity contribution >= 4 is 5.91 Å². The van der Waals surface area contributed by atoms with Gasteiger partial charge in [-0.1, -0.05) is 30.3 Å². The minimum absolute atomic E-state index is 0.180. The molecule has 1 aromatic carbocycles. The highest BCUT2D eigenvalue weighted by molar-refractivity contribution is 5.94. The number of nitrogens with zero attached hydrogens (tertiary/aromatic N) is 5. The number of carbonyl (C=O) groups excluding carboxylic acids is 1. The number of carbonyl (C=O) groups is 1. The first-order valence-electron chi connectivity index (χ1n) is 9.39. The van der Waals surface area contributed by atoms with E-state index in [1.807, 2.05) is 30.3 Å². The lowest BCUT2D eigenvalue weighted by atomic mass is 10.1. The first-order valence-corrected chi connectivity index (χ1v) is 9.39. The van der Waals surface area contributed by atoms with E-state index in [0.29, 0.717) is 29.8 Å². The summed E-state index contributed by atoms with van der Waals surface area (Å²) >= 11 is 0. The maximum Gasteiger partial charge on any atom is 0.253 e. The Bertz CT molecular complexity index is 975. The van der Waals surface area contributed by atoms with Crippen LogP contribution < -0.4 is 5.32 Å². The molecule has 2 saturated carbocycles. The molecule has 0 bridgehead atoms. The highest BCUT2D eigenvalue weighted by atomic mass is 16.1. The first-order chi connectivity index (χ1) is 13.3. The molecule has 2 aromatic heterocycles. The van der Waals surface area contributed by atoms with Crippen LogP contribution in [-0.2, 0) is 6.54 Å². The Hall–Kier alpha value is -3.09. The second-order valence-corrected chi connectivity index (χ2v) is 7.23. The molecule has 2 heterocycles. The van der Waals surface area contributed by atoms with E-state index in [9.17, 15) is 4.79 Å². The van der Waals surface area contributed by atoms with Gasteiger partial charge < -0.3 is 9.88 Å². The van der Waals surface area contributed by atoms with Crippen LogP contribution in [0.2, 0.25) is 0 Å². The molecule has 0 spiro atoms. The molecular weight excluding hydrogens is 340 g/mol. The number of hydrogen-bond acceptors (Lipinski definition) is 5. The number of benzene rings is 1. The Kier molecular flexibility index (Phi) is 3.92. The molecule has 2 aliphatic carbocycles. The van der Waals surface area contributed by atoms with Crippen molar-refractivity contribution in [3.05, 3.63) is 59.8 Å². The van der Waals surface area contributed by atoms with Gasteiger partial charge in [0.15, 0.2) is 5.82 Å². The number of nitrogens with one attached hydrogen (secondary N) is 1. The highest BCUT2D eigenvalue weighted by Gasteiger charge is 2.36. The average Bonchev–Trinajstić information content (AvgIpc) is 3.65. The molecule has 136 valence electrons. The lowest BCUT2D eigenvalue weighted by Crippen LogP contribution is -2.25. The molecule has 1 amide bonds. The van der Waals surface area contributed by atoms with Crippen LogP contribution in [0.5, 0.6) is 0 Å². The van der Waals surface area contributed by atoms with E-state index in [4.69, 9.17) is 0 Å². The maximum absolute atomic E-state index is 12.6. The Labute approximate surface area is 156 Å². The van der Waals surface area contributed by atoms with Gasteiger partial charge in [0.2, 0.25) is 0 Å². The topological polar surface area (TPSA) is 85.6 Å². The molecule has 0 aliphatic heterocycles. The van der Waals surface area contributed by atoms with Crippen LogP contribution in [0, 0.1) is 0 Å². The zero-order chi connectivity index (χ0) is 18.2. The van der Waals surface area contributed by atoms with Crippen molar-refractivity contribution in [2.24, 2.45) is 0 Å². The summed E-state index contributed by atoms with van der Waals surface area (Å²) in [6.45, 7) is 0.373. The number of hydrogen-bond donors (Lipinski definition) is 1. The zero-order valence-electron chi connectivity index (χ0n) is 14.9. The Morgan fingerprint density at radius 2 is 1.89 bits per heavy atom. The SMILES string of the molecule is O=C(NCc1nnc(C2CC2)n1C1CC1)c1cnnc(-c2ccccc2)c1. The monoisotopic (exact) mass is 360 g/mol. The van der Waals surface area contributed by atoms with E-state index >= 15 is 0 Å². The molecule has 1 N–H and O–H groups in total. The van der Waals surface area contributed by atoms with Crippen molar-refractivity contribution in [3.8, 4) is 11.3 Å². The van der Waals surface area contributed by atoms with E-state index < -0.39 is 0 Å². The minimum Gasteiger partial charge on any atom is -0.345 e. The summed E-state index contributed by atoms with van der Waals surface area (Å²) in [5.41, 5.74) is 2.10. The van der Waals surface area contributed by atoms with Crippen LogP contribution in [0.3, 0.4) is 0 Å². The van der Waals surface area contributed by atoms with Gasteiger partial charge in [-0.3, -0.25) is 4.79 Å². The fourth-order valence-electron chi connectivity index (χ4n) is 3.31. The normalized spacial score (nSPS) is 16.3. The molecule has 3 aromatic rings. The Morgan fingerprint density at radius 1 is 1.07 bits per heavy atom. The summed E-state index contributed by atoms with van der Waals surface area (Å²) in [6.07, 6.45) is 6.23. The van der Waals surface area contributed by atoms with Crippen molar-refractivity contribution < 1.29 is 4.79 Å². The van der Waals surface area contributed by atoms with Crippen LogP contribution >= 0.6 is 0 Å². The van der Waals surface area contributed by atoms with Gasteiger partial charge in [0.05, 0.1) is 24.0 Å². The zero-order valence-corrected chi connectivity index (χ0v) is 14.9. The lowest BCUT2D eigenvalue weighted by Gasteiger charge is -2.10. The van der Waals surface area contributed by atoms with Gasteiger partial charge in [0.25, 0.3) is 5.91 Å². The van der Waals surface area contributed by atoms with Gasteiger partial charge in [-0.15, -0.1) is 10.2 Å². The standard InChI is InChI=1S/C20H20N6O/c27-20(15-10-17(23-22-11-15)13-4-2-1-3-5-13)21-12-18-24-25-19(14-6-7-14)26(18)16-8-9-16/h1-5,10-11,14,16H,6-9,12H2,(H,21,27). The molecule has 0 saturated heterocycles. The van der Waals surface area contributed by atoms with Crippen LogP contribution in [0.1, 0.15) is 59.6 Å². The van der Waals surface area contributed by atoms with Crippen LogP contribution in [0.25, 0.3) is 11.3 Å². The van der Waals surface area contributed by atoms with E-state index in [1.165, 1.54) is 31.9 Å². The van der Waals surface area contributed by atoms with Crippen molar-refractivity contribution in [3.63, 3.8) is 0 Å². The lowest BCUT2D eigenvalue weighted by molar-refractivity contribution is 0.0949. The van der Waals surface area contributed by atoms with Gasteiger partial charge in [-0.05, 0) is 31.7 Å². The van der Waals surface area contributed by atoms with Crippen molar-refractivity contribution in [1.82, 2.24) is 30.3 Å². The molecule has 7 nitrogen and oxygen atoms in total. The molecule has 0 atom stereocenters. The first kappa shape index (κ1) is 16.1. The molecule has 5 rings (SSSR count). The molecule has 2 aliphatic rings. The fraction of sp³-hybridized carbons (Fsp3) is 0.350. The second kappa shape index (κ2) is 6.57. The summed E-state index contributed by atoms with van der Waals surface area (Å²) < 4.78 is 2.25. The van der Waals surface area contributed by atoms with Crippen LogP contribution in [-0.4, -0.2) is 30.9 Å². The third-order valence-electron chi connectivity index (χ3n) is 5.04. The largest absolute Gasteiger partial charge is 0.345 e. The van der Waals surface area contributed by atoms with Gasteiger partial charge >= 0.3 is 0 Å². The summed E-state index contributed by atoms with van der Waals surface area (Å²) in [5.74, 6) is 2.32. The van der Waals surface area contributed by atoms with Gasteiger partial charge in [0, 0.05) is 17.5 Å². The third-order valence-corrected chi connectivity index (χ3v) is 5.04. The average molecular weight is 360 g/mol. The fourth-order valence-corrected chi connectivity index (χ4v) is 3.31. The molecule has 0 radical (unpaired) electrons. The Morgan fingerprint density at radius 3 is 2.63 bits per heavy atom. The van der Waals surface area contributed by atoms with Crippen molar-refractivity contribution in [2.75, 3.05) is 0 Å². The molecular formula is C20H20N6O. The summed E-state index contributed by atoms with van der Waals surface area (Å²) in [6, 6.07) is 12.0. The predicted octanol–water partition coefficient (Wildman–Crippen LogP) is 2.88. The van der Waals surface area contributed by atoms with Crippen molar-refractivity contribution in [1.29, 1.82) is 0 Å². The number of aromatic nitrogens is 5. The summed E-state index contributed by atoms with van der Waals surface area (Å²) in [4.78, 5) is 12.6. The van der Waals surface area contributed by atoms with Gasteiger partial charge in [-0.25, -0.2) is 0 Å². The molecule has 2 fully saturated rings. The highest BCUT2D eigenvalue weighted by Crippen LogP contribution is 2.44. The molecule has 0 unspecified atom stereocenters. The second-order valence-electron chi connectivity index (χ2n) is 7.23. The summed E-state index contributed by atoms with van der Waals surface area (Å²) in [7, 11) is 0. The van der Waals surface area contributed by atoms with Gasteiger partial charge in [0.1, 0.15) is 5.82 Å². The number of amides is 1. The minimum atomic E-state index is -0.180. The van der Waals surface area contributed by atoms with Crippen LogP contribution in [0.4, 0.5) is 0 Å². The van der Waals surface area contributed by atoms with E-state index in [0.717, 1.165) is 17.2 Å². The van der Waals surface area contributed by atoms with E-state index in [1.54, 1.807) is 6.07 Å². The van der Waals surface area contributed by atoms with Crippen molar-refractivity contribution in [2.45, 2.75) is 44.2 Å².